The van der Waals surface area contributed by atoms with Crippen molar-refractivity contribution < 1.29 is 4.42 Å². The van der Waals surface area contributed by atoms with E-state index in [0.717, 1.165) is 33.1 Å². The highest BCUT2D eigenvalue weighted by molar-refractivity contribution is 7.25. The number of thiophene rings is 1. The molecule has 252 valence electrons. The highest BCUT2D eigenvalue weighted by Crippen LogP contribution is 2.49. The topological polar surface area (TPSA) is 13.1 Å². The quantitative estimate of drug-likeness (QED) is 0.174. The first-order valence-corrected chi connectivity index (χ1v) is 19.2. The van der Waals surface area contributed by atoms with E-state index >= 15 is 0 Å². The van der Waals surface area contributed by atoms with Gasteiger partial charge in [-0.05, 0) is 97.7 Å². The summed E-state index contributed by atoms with van der Waals surface area (Å²) in [5.74, 6) is 0. The number of rotatable bonds is 5. The summed E-state index contributed by atoms with van der Waals surface area (Å²) in [4.78, 5) is 0. The second-order valence-electron chi connectivity index (χ2n) is 14.0. The molecule has 2 heterocycles. The zero-order valence-corrected chi connectivity index (χ0v) is 30.1. The summed E-state index contributed by atoms with van der Waals surface area (Å²) in [6.45, 7) is 0. The van der Waals surface area contributed by atoms with Crippen molar-refractivity contribution in [1.82, 2.24) is 0 Å². The fraction of sp³-hybridized carbons (Fsp3) is 0. The van der Waals surface area contributed by atoms with Crippen molar-refractivity contribution in [1.29, 1.82) is 0 Å². The van der Waals surface area contributed by atoms with Crippen LogP contribution in [0, 0.1) is 0 Å². The van der Waals surface area contributed by atoms with Crippen LogP contribution in [-0.2, 0) is 0 Å². The van der Waals surface area contributed by atoms with Gasteiger partial charge in [-0.1, -0.05) is 152 Å². The zero-order valence-electron chi connectivity index (χ0n) is 29.3. The van der Waals surface area contributed by atoms with Gasteiger partial charge in [0, 0.05) is 42.1 Å². The molecule has 0 spiro atoms. The van der Waals surface area contributed by atoms with Gasteiger partial charge in [0.1, 0.15) is 11.2 Å². The molecule has 11 aromatic rings. The Morgan fingerprint density at radius 2 is 0.833 bits per heavy atom. The third-order valence-electron chi connectivity index (χ3n) is 10.8. The smallest absolute Gasteiger partial charge is 0.144 e. The van der Waals surface area contributed by atoms with Gasteiger partial charge in [-0.25, -0.2) is 0 Å². The van der Waals surface area contributed by atoms with E-state index in [1.807, 2.05) is 11.3 Å². The molecule has 11 rings (SSSR count). The van der Waals surface area contributed by atoms with Crippen LogP contribution in [0.25, 0.3) is 109 Å². The molecule has 0 aliphatic rings. The molecule has 54 heavy (non-hydrogen) atoms. The first-order valence-electron chi connectivity index (χ1n) is 18.4. The zero-order chi connectivity index (χ0) is 35.6. The SMILES string of the molecule is c1ccc(-c2cc(-c3ccccc3)cc(-c3c4ccccc4c(-c4ccc5sc6cc(-c7ccccc7)ccc6c5c4)c4oc5ccccc5c34)c2)cc1. The number of para-hydroxylation sites is 1. The van der Waals surface area contributed by atoms with E-state index < -0.39 is 0 Å². The average Bonchev–Trinajstić information content (AvgIpc) is 3.81. The van der Waals surface area contributed by atoms with Gasteiger partial charge in [0.15, 0.2) is 0 Å². The molecule has 9 aromatic carbocycles. The molecule has 0 N–H and O–H groups in total. The molecule has 0 atom stereocenters. The van der Waals surface area contributed by atoms with Crippen LogP contribution in [0.3, 0.4) is 0 Å². The van der Waals surface area contributed by atoms with Crippen molar-refractivity contribution in [2.45, 2.75) is 0 Å². The van der Waals surface area contributed by atoms with Crippen LogP contribution in [-0.4, -0.2) is 0 Å². The molecule has 2 heteroatoms. The molecule has 0 bridgehead atoms. The molecule has 0 aliphatic heterocycles. The first kappa shape index (κ1) is 30.8. The van der Waals surface area contributed by atoms with Gasteiger partial charge in [-0.15, -0.1) is 11.3 Å². The Bertz CT molecular complexity index is 3130. The lowest BCUT2D eigenvalue weighted by Crippen LogP contribution is -1.91. The number of benzene rings is 9. The third-order valence-corrected chi connectivity index (χ3v) is 12.0. The summed E-state index contributed by atoms with van der Waals surface area (Å²) in [5.41, 5.74) is 13.7. The molecule has 0 aliphatic carbocycles. The van der Waals surface area contributed by atoms with Crippen molar-refractivity contribution in [3.63, 3.8) is 0 Å². The molecule has 0 saturated carbocycles. The van der Waals surface area contributed by atoms with Gasteiger partial charge in [0.05, 0.1) is 0 Å². The molecule has 0 saturated heterocycles. The summed E-state index contributed by atoms with van der Waals surface area (Å²) >= 11 is 1.86. The fourth-order valence-corrected chi connectivity index (χ4v) is 9.47. The normalized spacial score (nSPS) is 11.7. The first-order chi connectivity index (χ1) is 26.8. The van der Waals surface area contributed by atoms with Crippen molar-refractivity contribution in [3.8, 4) is 55.6 Å². The molecule has 0 amide bonds. The maximum Gasteiger partial charge on any atom is 0.144 e. The molecule has 1 nitrogen and oxygen atoms in total. The number of hydrogen-bond donors (Lipinski definition) is 0. The van der Waals surface area contributed by atoms with Gasteiger partial charge in [-0.2, -0.15) is 0 Å². The van der Waals surface area contributed by atoms with Gasteiger partial charge in [0.2, 0.25) is 0 Å². The Balaban J connectivity index is 1.20. The predicted octanol–water partition coefficient (Wildman–Crippen LogP) is 15.4. The highest BCUT2D eigenvalue weighted by atomic mass is 32.1. The third kappa shape index (κ3) is 4.99. The summed E-state index contributed by atoms with van der Waals surface area (Å²) in [6.07, 6.45) is 0. The lowest BCUT2D eigenvalue weighted by Gasteiger charge is -2.17. The van der Waals surface area contributed by atoms with E-state index in [1.165, 1.54) is 75.5 Å². The van der Waals surface area contributed by atoms with E-state index in [9.17, 15) is 0 Å². The van der Waals surface area contributed by atoms with Crippen LogP contribution in [0.15, 0.2) is 199 Å². The summed E-state index contributed by atoms with van der Waals surface area (Å²) < 4.78 is 9.57. The summed E-state index contributed by atoms with van der Waals surface area (Å²) in [7, 11) is 0. The lowest BCUT2D eigenvalue weighted by atomic mass is 9.86. The molecule has 2 aromatic heterocycles. The van der Waals surface area contributed by atoms with Crippen LogP contribution >= 0.6 is 11.3 Å². The number of furan rings is 1. The minimum atomic E-state index is 0.892. The maximum atomic E-state index is 6.99. The van der Waals surface area contributed by atoms with Gasteiger partial charge in [0.25, 0.3) is 0 Å². The maximum absolute atomic E-state index is 6.99. The lowest BCUT2D eigenvalue weighted by molar-refractivity contribution is 0.670. The van der Waals surface area contributed by atoms with Crippen molar-refractivity contribution in [2.75, 3.05) is 0 Å². The minimum Gasteiger partial charge on any atom is -0.455 e. The highest BCUT2D eigenvalue weighted by Gasteiger charge is 2.23. The molecule has 0 fully saturated rings. The van der Waals surface area contributed by atoms with Crippen molar-refractivity contribution in [3.05, 3.63) is 194 Å². The van der Waals surface area contributed by atoms with Crippen molar-refractivity contribution in [2.24, 2.45) is 0 Å². The second kappa shape index (κ2) is 12.4. The van der Waals surface area contributed by atoms with Crippen molar-refractivity contribution >= 4 is 64.2 Å². The van der Waals surface area contributed by atoms with Gasteiger partial charge in [-0.3, -0.25) is 0 Å². The van der Waals surface area contributed by atoms with E-state index in [1.54, 1.807) is 0 Å². The van der Waals surface area contributed by atoms with E-state index in [2.05, 4.69) is 194 Å². The number of hydrogen-bond acceptors (Lipinski definition) is 2. The Kier molecular flexibility index (Phi) is 7.11. The average molecular weight is 705 g/mol. The fourth-order valence-electron chi connectivity index (χ4n) is 8.34. The van der Waals surface area contributed by atoms with Gasteiger partial charge < -0.3 is 4.42 Å². The van der Waals surface area contributed by atoms with Crippen LogP contribution in [0.5, 0.6) is 0 Å². The predicted molar refractivity (Wildman–Crippen MR) is 231 cm³/mol. The molecular weight excluding hydrogens is 673 g/mol. The standard InChI is InChI=1S/C52H32OS/c1-4-14-33(15-5-1)36-24-26-41-45-31-37(25-27-47(45)54-48(41)32-36)50-43-21-11-10-20-42(43)49(51-44-22-12-13-23-46(44)53-52(50)51)40-29-38(34-16-6-2-7-17-34)28-39(30-40)35-18-8-3-9-19-35/h1-32H. The van der Waals surface area contributed by atoms with Crippen LogP contribution in [0.4, 0.5) is 0 Å². The Hall–Kier alpha value is -6.74. The van der Waals surface area contributed by atoms with Crippen LogP contribution in [0.1, 0.15) is 0 Å². The second-order valence-corrected chi connectivity index (χ2v) is 15.1. The summed E-state index contributed by atoms with van der Waals surface area (Å²) in [5, 5.41) is 7.20. The number of fused-ring (bicyclic) bond motifs is 7. The Labute approximate surface area is 317 Å². The van der Waals surface area contributed by atoms with Gasteiger partial charge >= 0.3 is 0 Å². The van der Waals surface area contributed by atoms with Crippen LogP contribution < -0.4 is 0 Å². The minimum absolute atomic E-state index is 0.892. The summed E-state index contributed by atoms with van der Waals surface area (Å²) in [6, 6.07) is 70.3. The van der Waals surface area contributed by atoms with Crippen LogP contribution in [0.2, 0.25) is 0 Å². The Morgan fingerprint density at radius 1 is 0.296 bits per heavy atom. The molecule has 0 radical (unpaired) electrons. The monoisotopic (exact) mass is 704 g/mol. The molecular formula is C52H32OS. The van der Waals surface area contributed by atoms with E-state index in [0.29, 0.717) is 0 Å². The Morgan fingerprint density at radius 3 is 1.50 bits per heavy atom. The molecule has 0 unspecified atom stereocenters. The largest absolute Gasteiger partial charge is 0.455 e. The van der Waals surface area contributed by atoms with E-state index in [4.69, 9.17) is 4.42 Å². The van der Waals surface area contributed by atoms with E-state index in [-0.39, 0.29) is 0 Å².